The Morgan fingerprint density at radius 2 is 1.96 bits per heavy atom. The van der Waals surface area contributed by atoms with Crippen molar-refractivity contribution in [3.63, 3.8) is 0 Å². The van der Waals surface area contributed by atoms with E-state index in [1.807, 2.05) is 12.3 Å². The lowest BCUT2D eigenvalue weighted by atomic mass is 10.2. The van der Waals surface area contributed by atoms with Gasteiger partial charge in [0.1, 0.15) is 5.82 Å². The molecule has 0 bridgehead atoms. The van der Waals surface area contributed by atoms with E-state index >= 15 is 0 Å². The second-order valence-electron chi connectivity index (χ2n) is 6.27. The van der Waals surface area contributed by atoms with Crippen molar-refractivity contribution in [2.45, 2.75) is 6.92 Å². The molecule has 1 fully saturated rings. The number of piperazine rings is 1. The van der Waals surface area contributed by atoms with E-state index < -0.39 is 0 Å². The van der Waals surface area contributed by atoms with Crippen LogP contribution in [0.15, 0.2) is 41.6 Å². The maximum Gasteiger partial charge on any atom is 0.345 e. The summed E-state index contributed by atoms with van der Waals surface area (Å²) in [6.45, 7) is 7.56. The van der Waals surface area contributed by atoms with Crippen molar-refractivity contribution >= 4 is 28.0 Å². The largest absolute Gasteiger partial charge is 0.368 e. The van der Waals surface area contributed by atoms with E-state index in [0.29, 0.717) is 5.69 Å². The predicted molar refractivity (Wildman–Crippen MR) is 108 cm³/mol. The molecular formula is C18H21N7OS. The Morgan fingerprint density at radius 1 is 1.11 bits per heavy atom. The van der Waals surface area contributed by atoms with Crippen molar-refractivity contribution in [3.8, 4) is 10.6 Å². The molecule has 0 radical (unpaired) electrons. The van der Waals surface area contributed by atoms with Crippen LogP contribution in [0, 0.1) is 0 Å². The van der Waals surface area contributed by atoms with Gasteiger partial charge in [-0.2, -0.15) is 0 Å². The SMILES string of the molecule is CCN1CCN(c2ccc(Nc3ncc(-c4ccnc(=O)[nH]4)s3)nc2)CC1. The summed E-state index contributed by atoms with van der Waals surface area (Å²) >= 11 is 1.45. The molecule has 1 aliphatic rings. The lowest BCUT2D eigenvalue weighted by Gasteiger charge is -2.35. The van der Waals surface area contributed by atoms with Gasteiger partial charge in [-0.1, -0.05) is 18.3 Å². The van der Waals surface area contributed by atoms with E-state index in [4.69, 9.17) is 0 Å². The van der Waals surface area contributed by atoms with Crippen LogP contribution in [0.2, 0.25) is 0 Å². The Labute approximate surface area is 160 Å². The molecule has 8 nitrogen and oxygen atoms in total. The average molecular weight is 383 g/mol. The van der Waals surface area contributed by atoms with Crippen LogP contribution in [0.3, 0.4) is 0 Å². The highest BCUT2D eigenvalue weighted by Gasteiger charge is 2.16. The zero-order valence-electron chi connectivity index (χ0n) is 15.1. The van der Waals surface area contributed by atoms with Gasteiger partial charge in [0, 0.05) is 38.6 Å². The number of hydrogen-bond donors (Lipinski definition) is 2. The monoisotopic (exact) mass is 383 g/mol. The maximum absolute atomic E-state index is 11.3. The van der Waals surface area contributed by atoms with Crippen molar-refractivity contribution < 1.29 is 0 Å². The number of likely N-dealkylation sites (N-methyl/N-ethyl adjacent to an activating group) is 1. The molecule has 3 aromatic rings. The summed E-state index contributed by atoms with van der Waals surface area (Å²) in [5.41, 5.74) is 1.48. The predicted octanol–water partition coefficient (Wildman–Crippen LogP) is 2.17. The molecule has 0 atom stereocenters. The van der Waals surface area contributed by atoms with Crippen molar-refractivity contribution in [3.05, 3.63) is 47.3 Å². The molecule has 0 saturated carbocycles. The van der Waals surface area contributed by atoms with E-state index in [2.05, 4.69) is 48.0 Å². The van der Waals surface area contributed by atoms with Gasteiger partial charge < -0.3 is 20.1 Å². The summed E-state index contributed by atoms with van der Waals surface area (Å²) in [5, 5.41) is 3.94. The zero-order chi connectivity index (χ0) is 18.6. The van der Waals surface area contributed by atoms with Crippen LogP contribution in [0.5, 0.6) is 0 Å². The van der Waals surface area contributed by atoms with E-state index in [-0.39, 0.29) is 5.69 Å². The van der Waals surface area contributed by atoms with Gasteiger partial charge in [-0.25, -0.2) is 19.7 Å². The normalized spacial score (nSPS) is 15.1. The summed E-state index contributed by atoms with van der Waals surface area (Å²) in [5.74, 6) is 0.745. The first-order valence-corrected chi connectivity index (χ1v) is 9.75. The number of H-pyrrole nitrogens is 1. The molecular weight excluding hydrogens is 362 g/mol. The highest BCUT2D eigenvalue weighted by Crippen LogP contribution is 2.28. The van der Waals surface area contributed by atoms with Gasteiger partial charge in [-0.15, -0.1) is 0 Å². The Morgan fingerprint density at radius 3 is 2.67 bits per heavy atom. The number of nitrogens with zero attached hydrogens (tertiary/aromatic N) is 5. The van der Waals surface area contributed by atoms with Crippen LogP contribution in [0.1, 0.15) is 6.92 Å². The van der Waals surface area contributed by atoms with Crippen molar-refractivity contribution in [2.75, 3.05) is 42.9 Å². The number of thiazole rings is 1. The average Bonchev–Trinajstić information content (AvgIpc) is 3.17. The maximum atomic E-state index is 11.3. The molecule has 2 N–H and O–H groups in total. The van der Waals surface area contributed by atoms with Gasteiger partial charge in [0.15, 0.2) is 5.13 Å². The van der Waals surface area contributed by atoms with Crippen LogP contribution in [-0.2, 0) is 0 Å². The van der Waals surface area contributed by atoms with Gasteiger partial charge in [0.2, 0.25) is 0 Å². The van der Waals surface area contributed by atoms with Gasteiger partial charge in [0.05, 0.1) is 22.5 Å². The molecule has 0 amide bonds. The quantitative estimate of drug-likeness (QED) is 0.698. The minimum absolute atomic E-state index is 0.368. The molecule has 0 aliphatic carbocycles. The van der Waals surface area contributed by atoms with Crippen molar-refractivity contribution in [2.24, 2.45) is 0 Å². The molecule has 0 unspecified atom stereocenters. The molecule has 4 rings (SSSR count). The number of aromatic nitrogens is 4. The Hall–Kier alpha value is -2.78. The zero-order valence-corrected chi connectivity index (χ0v) is 15.9. The first kappa shape index (κ1) is 17.6. The molecule has 27 heavy (non-hydrogen) atoms. The third-order valence-electron chi connectivity index (χ3n) is 4.61. The van der Waals surface area contributed by atoms with Crippen LogP contribution in [0.4, 0.5) is 16.6 Å². The molecule has 1 saturated heterocycles. The Bertz CT molecular complexity index is 945. The summed E-state index contributed by atoms with van der Waals surface area (Å²) in [6, 6.07) is 5.81. The second-order valence-corrected chi connectivity index (χ2v) is 7.30. The van der Waals surface area contributed by atoms with Gasteiger partial charge in [-0.3, -0.25) is 0 Å². The van der Waals surface area contributed by atoms with Gasteiger partial charge >= 0.3 is 5.69 Å². The van der Waals surface area contributed by atoms with Crippen molar-refractivity contribution in [1.29, 1.82) is 0 Å². The van der Waals surface area contributed by atoms with Gasteiger partial charge in [0.25, 0.3) is 0 Å². The molecule has 140 valence electrons. The molecule has 0 aromatic carbocycles. The third-order valence-corrected chi connectivity index (χ3v) is 5.56. The third kappa shape index (κ3) is 4.15. The highest BCUT2D eigenvalue weighted by atomic mass is 32.1. The van der Waals surface area contributed by atoms with E-state index in [1.165, 1.54) is 17.5 Å². The van der Waals surface area contributed by atoms with Crippen LogP contribution in [-0.4, -0.2) is 57.6 Å². The number of aromatic amines is 1. The Balaban J connectivity index is 1.41. The summed E-state index contributed by atoms with van der Waals surface area (Å²) < 4.78 is 0. The first-order valence-electron chi connectivity index (χ1n) is 8.93. The summed E-state index contributed by atoms with van der Waals surface area (Å²) in [4.78, 5) is 32.2. The second kappa shape index (κ2) is 7.85. The fraction of sp³-hybridized carbons (Fsp3) is 0.333. The number of rotatable bonds is 5. The molecule has 9 heteroatoms. The van der Waals surface area contributed by atoms with E-state index in [0.717, 1.165) is 54.2 Å². The molecule has 0 spiro atoms. The van der Waals surface area contributed by atoms with Crippen LogP contribution >= 0.6 is 11.3 Å². The summed E-state index contributed by atoms with van der Waals surface area (Å²) in [7, 11) is 0. The van der Waals surface area contributed by atoms with Crippen LogP contribution in [0.25, 0.3) is 10.6 Å². The van der Waals surface area contributed by atoms with E-state index in [9.17, 15) is 4.79 Å². The minimum Gasteiger partial charge on any atom is -0.368 e. The lowest BCUT2D eigenvalue weighted by molar-refractivity contribution is 0.271. The smallest absolute Gasteiger partial charge is 0.345 e. The van der Waals surface area contributed by atoms with Crippen molar-refractivity contribution in [1.82, 2.24) is 24.8 Å². The fourth-order valence-electron chi connectivity index (χ4n) is 3.05. The first-order chi connectivity index (χ1) is 13.2. The standard InChI is InChI=1S/C18H21N7OS/c1-2-24-7-9-25(10-8-24)13-3-4-16(20-11-13)23-18-21-12-15(27-18)14-5-6-19-17(26)22-14/h3-6,11-12H,2,7-10H2,1H3,(H,19,22,26)(H,20,21,23). The molecule has 4 heterocycles. The molecule has 3 aromatic heterocycles. The fourth-order valence-corrected chi connectivity index (χ4v) is 3.85. The minimum atomic E-state index is -0.368. The van der Waals surface area contributed by atoms with Gasteiger partial charge in [-0.05, 0) is 24.7 Å². The number of hydrogen-bond acceptors (Lipinski definition) is 8. The number of nitrogens with one attached hydrogen (secondary N) is 2. The van der Waals surface area contributed by atoms with E-state index in [1.54, 1.807) is 12.3 Å². The number of pyridine rings is 1. The Kier molecular flexibility index (Phi) is 5.12. The summed E-state index contributed by atoms with van der Waals surface area (Å²) in [6.07, 6.45) is 5.11. The molecule has 1 aliphatic heterocycles. The highest BCUT2D eigenvalue weighted by molar-refractivity contribution is 7.18. The number of anilines is 3. The lowest BCUT2D eigenvalue weighted by Crippen LogP contribution is -2.46. The topological polar surface area (TPSA) is 90.0 Å². The van der Waals surface area contributed by atoms with Crippen LogP contribution < -0.4 is 15.9 Å².